The van der Waals surface area contributed by atoms with Crippen molar-refractivity contribution in [3.8, 4) is 0 Å². The zero-order chi connectivity index (χ0) is 13.2. The van der Waals surface area contributed by atoms with E-state index in [1.165, 1.54) is 5.39 Å². The van der Waals surface area contributed by atoms with Crippen LogP contribution in [0.5, 0.6) is 0 Å². The number of nitrogens with zero attached hydrogens (tertiary/aromatic N) is 1. The highest BCUT2D eigenvalue weighted by Gasteiger charge is 2.19. The lowest BCUT2D eigenvalue weighted by Crippen LogP contribution is -2.33. The number of nitrogens with one attached hydrogen (secondary N) is 1. The number of aromatic nitrogens is 1. The molecule has 3 heteroatoms. The van der Waals surface area contributed by atoms with Gasteiger partial charge in [-0.25, -0.2) is 0 Å². The number of fused-ring (bicyclic) bond motifs is 1. The van der Waals surface area contributed by atoms with Gasteiger partial charge in [-0.3, -0.25) is 4.79 Å². The average Bonchev–Trinajstić information content (AvgIpc) is 2.47. The Hall–Kier alpha value is -1.61. The maximum Gasteiger partial charge on any atom is 0.254 e. The molecule has 1 atom stereocenters. The van der Waals surface area contributed by atoms with Gasteiger partial charge in [-0.15, -0.1) is 0 Å². The predicted octanol–water partition coefficient (Wildman–Crippen LogP) is 2.49. The molecule has 1 aromatic heterocycles. The van der Waals surface area contributed by atoms with E-state index in [2.05, 4.69) is 17.4 Å². The summed E-state index contributed by atoms with van der Waals surface area (Å²) in [5.41, 5.74) is 2.21. The molecule has 0 saturated carbocycles. The van der Waals surface area contributed by atoms with Gasteiger partial charge in [-0.2, -0.15) is 0 Å². The van der Waals surface area contributed by atoms with Gasteiger partial charge in [0.25, 0.3) is 5.56 Å². The fourth-order valence-corrected chi connectivity index (χ4v) is 3.07. The molecule has 1 aromatic carbocycles. The number of benzene rings is 1. The van der Waals surface area contributed by atoms with Gasteiger partial charge >= 0.3 is 0 Å². The second kappa shape index (κ2) is 5.17. The highest BCUT2D eigenvalue weighted by molar-refractivity contribution is 5.79. The maximum absolute atomic E-state index is 12.6. The molecule has 1 fully saturated rings. The normalized spacial score (nSPS) is 19.7. The zero-order valence-electron chi connectivity index (χ0n) is 11.4. The van der Waals surface area contributed by atoms with Crippen molar-refractivity contribution in [3.05, 3.63) is 46.2 Å². The first-order valence-corrected chi connectivity index (χ1v) is 7.14. The predicted molar refractivity (Wildman–Crippen MR) is 78.7 cm³/mol. The van der Waals surface area contributed by atoms with E-state index in [0.29, 0.717) is 5.92 Å². The Labute approximate surface area is 113 Å². The maximum atomic E-state index is 12.6. The molecule has 0 amide bonds. The third-order valence-electron chi connectivity index (χ3n) is 4.08. The van der Waals surface area contributed by atoms with Gasteiger partial charge in [0.1, 0.15) is 0 Å². The molecule has 1 aliphatic heterocycles. The van der Waals surface area contributed by atoms with E-state index < -0.39 is 0 Å². The lowest BCUT2D eigenvalue weighted by atomic mass is 9.91. The van der Waals surface area contributed by atoms with Crippen molar-refractivity contribution in [1.82, 2.24) is 9.88 Å². The lowest BCUT2D eigenvalue weighted by molar-refractivity contribution is 0.457. The van der Waals surface area contributed by atoms with Crippen molar-refractivity contribution in [2.75, 3.05) is 13.1 Å². The second-order valence-corrected chi connectivity index (χ2v) is 5.25. The zero-order valence-corrected chi connectivity index (χ0v) is 11.4. The molecule has 0 spiro atoms. The van der Waals surface area contributed by atoms with Crippen LogP contribution in [0.2, 0.25) is 0 Å². The summed E-state index contributed by atoms with van der Waals surface area (Å²) in [7, 11) is 0. The summed E-state index contributed by atoms with van der Waals surface area (Å²) in [6, 6.07) is 10.3. The van der Waals surface area contributed by atoms with E-state index in [4.69, 9.17) is 0 Å². The minimum atomic E-state index is 0.190. The number of hydrogen-bond acceptors (Lipinski definition) is 2. The Balaban J connectivity index is 2.19. The van der Waals surface area contributed by atoms with Gasteiger partial charge in [-0.05, 0) is 43.8 Å². The summed E-state index contributed by atoms with van der Waals surface area (Å²) >= 11 is 0. The Morgan fingerprint density at radius 2 is 2.21 bits per heavy atom. The van der Waals surface area contributed by atoms with Gasteiger partial charge in [0.05, 0.1) is 5.52 Å². The quantitative estimate of drug-likeness (QED) is 0.895. The van der Waals surface area contributed by atoms with Gasteiger partial charge in [0.15, 0.2) is 0 Å². The Kier molecular flexibility index (Phi) is 3.38. The summed E-state index contributed by atoms with van der Waals surface area (Å²) in [6.45, 7) is 4.77. The number of piperidine rings is 1. The molecule has 1 unspecified atom stereocenters. The van der Waals surface area contributed by atoms with Crippen molar-refractivity contribution in [3.63, 3.8) is 0 Å². The molecule has 1 aliphatic rings. The number of rotatable bonds is 2. The van der Waals surface area contributed by atoms with Crippen molar-refractivity contribution in [2.24, 2.45) is 0 Å². The summed E-state index contributed by atoms with van der Waals surface area (Å²) in [5, 5.41) is 4.57. The Bertz CT molecular complexity index is 639. The van der Waals surface area contributed by atoms with Crippen LogP contribution >= 0.6 is 0 Å². The van der Waals surface area contributed by atoms with Crippen LogP contribution in [0.1, 0.15) is 31.2 Å². The second-order valence-electron chi connectivity index (χ2n) is 5.25. The van der Waals surface area contributed by atoms with Crippen LogP contribution in [0.3, 0.4) is 0 Å². The highest BCUT2D eigenvalue weighted by atomic mass is 16.1. The third-order valence-corrected chi connectivity index (χ3v) is 4.08. The first-order chi connectivity index (χ1) is 9.31. The first kappa shape index (κ1) is 12.4. The minimum Gasteiger partial charge on any atom is -0.316 e. The van der Waals surface area contributed by atoms with Crippen LogP contribution in [0.25, 0.3) is 10.9 Å². The van der Waals surface area contributed by atoms with Crippen LogP contribution in [-0.2, 0) is 6.54 Å². The fourth-order valence-electron chi connectivity index (χ4n) is 3.07. The van der Waals surface area contributed by atoms with Crippen molar-refractivity contribution < 1.29 is 0 Å². The van der Waals surface area contributed by atoms with Gasteiger partial charge in [0, 0.05) is 24.6 Å². The molecule has 2 aromatic rings. The summed E-state index contributed by atoms with van der Waals surface area (Å²) in [6.07, 6.45) is 2.27. The van der Waals surface area contributed by atoms with Crippen molar-refractivity contribution >= 4 is 10.9 Å². The van der Waals surface area contributed by atoms with Gasteiger partial charge in [-0.1, -0.05) is 18.2 Å². The fraction of sp³-hybridized carbons (Fsp3) is 0.438. The number of pyridine rings is 1. The van der Waals surface area contributed by atoms with E-state index >= 15 is 0 Å². The molecule has 1 N–H and O–H groups in total. The molecular formula is C16H20N2O. The average molecular weight is 256 g/mol. The van der Waals surface area contributed by atoms with Crippen molar-refractivity contribution in [1.29, 1.82) is 0 Å². The third kappa shape index (κ3) is 2.19. The monoisotopic (exact) mass is 256 g/mol. The van der Waals surface area contributed by atoms with E-state index in [1.54, 1.807) is 0 Å². The highest BCUT2D eigenvalue weighted by Crippen LogP contribution is 2.23. The van der Waals surface area contributed by atoms with Crippen LogP contribution < -0.4 is 10.9 Å². The Morgan fingerprint density at radius 3 is 2.95 bits per heavy atom. The van der Waals surface area contributed by atoms with Gasteiger partial charge < -0.3 is 9.88 Å². The molecule has 0 bridgehead atoms. The van der Waals surface area contributed by atoms with Crippen LogP contribution in [0.15, 0.2) is 35.1 Å². The van der Waals surface area contributed by atoms with Gasteiger partial charge in [0.2, 0.25) is 0 Å². The topological polar surface area (TPSA) is 34.0 Å². The largest absolute Gasteiger partial charge is 0.316 e. The number of para-hydroxylation sites is 1. The van der Waals surface area contributed by atoms with Crippen LogP contribution in [-0.4, -0.2) is 17.7 Å². The molecule has 2 heterocycles. The summed E-state index contributed by atoms with van der Waals surface area (Å²) < 4.78 is 1.90. The molecule has 3 rings (SSSR count). The molecule has 100 valence electrons. The summed E-state index contributed by atoms with van der Waals surface area (Å²) in [4.78, 5) is 12.6. The van der Waals surface area contributed by atoms with E-state index in [-0.39, 0.29) is 5.56 Å². The van der Waals surface area contributed by atoms with Crippen LogP contribution in [0, 0.1) is 0 Å². The number of hydrogen-bond donors (Lipinski definition) is 1. The molecule has 19 heavy (non-hydrogen) atoms. The number of aryl methyl sites for hydroxylation is 1. The smallest absolute Gasteiger partial charge is 0.254 e. The van der Waals surface area contributed by atoms with E-state index in [1.807, 2.05) is 29.7 Å². The molecule has 1 saturated heterocycles. The van der Waals surface area contributed by atoms with Crippen molar-refractivity contribution in [2.45, 2.75) is 32.2 Å². The SMILES string of the molecule is CCn1c(=O)c(C2CCCNC2)cc2ccccc21. The molecule has 3 nitrogen and oxygen atoms in total. The molecular weight excluding hydrogens is 236 g/mol. The summed E-state index contributed by atoms with van der Waals surface area (Å²) in [5.74, 6) is 0.364. The minimum absolute atomic E-state index is 0.190. The van der Waals surface area contributed by atoms with E-state index in [0.717, 1.165) is 43.6 Å². The van der Waals surface area contributed by atoms with Crippen LogP contribution in [0.4, 0.5) is 0 Å². The standard InChI is InChI=1S/C16H20N2O/c1-2-18-15-8-4-3-6-12(15)10-14(16(18)19)13-7-5-9-17-11-13/h3-4,6,8,10,13,17H,2,5,7,9,11H2,1H3. The Morgan fingerprint density at radius 1 is 1.37 bits per heavy atom. The molecule has 0 aliphatic carbocycles. The molecule has 0 radical (unpaired) electrons. The first-order valence-electron chi connectivity index (χ1n) is 7.14. The lowest BCUT2D eigenvalue weighted by Gasteiger charge is -2.23. The van der Waals surface area contributed by atoms with E-state index in [9.17, 15) is 4.79 Å².